The summed E-state index contributed by atoms with van der Waals surface area (Å²) in [6.07, 6.45) is 3.80. The van der Waals surface area contributed by atoms with Crippen molar-refractivity contribution in [1.29, 1.82) is 0 Å². The first-order chi connectivity index (χ1) is 13.1. The van der Waals surface area contributed by atoms with Crippen LogP contribution in [-0.2, 0) is 4.79 Å². The van der Waals surface area contributed by atoms with Crippen LogP contribution in [0.3, 0.4) is 0 Å². The number of para-hydroxylation sites is 1. The van der Waals surface area contributed by atoms with Crippen LogP contribution in [-0.4, -0.2) is 24.0 Å². The van der Waals surface area contributed by atoms with Crippen molar-refractivity contribution in [2.75, 3.05) is 13.2 Å². The van der Waals surface area contributed by atoms with E-state index in [1.165, 1.54) is 12.1 Å². The maximum Gasteiger partial charge on any atom is 0.244 e. The van der Waals surface area contributed by atoms with Gasteiger partial charge in [0.05, 0.1) is 6.61 Å². The van der Waals surface area contributed by atoms with Crippen molar-refractivity contribution in [1.82, 2.24) is 10.3 Å². The van der Waals surface area contributed by atoms with Gasteiger partial charge in [0.15, 0.2) is 0 Å². The number of nitrogens with zero attached hydrogens (tertiary/aromatic N) is 1. The van der Waals surface area contributed by atoms with Crippen LogP contribution in [0.5, 0.6) is 5.75 Å². The molecule has 0 bridgehead atoms. The van der Waals surface area contributed by atoms with Crippen LogP contribution in [0.4, 0.5) is 4.39 Å². The van der Waals surface area contributed by atoms with Gasteiger partial charge < -0.3 is 10.1 Å². The standard InChI is InChI=1S/C22H21FN2O2/c1-16(18-9-2-3-10-19(18)23)15-21(26)24-13-6-14-27-20-11-4-7-17-8-5-12-25-22(17)20/h2-5,7-12,15H,6,13-14H2,1H3,(H,24,26)/b16-15-. The van der Waals surface area contributed by atoms with Crippen LogP contribution in [0.2, 0.25) is 0 Å². The van der Waals surface area contributed by atoms with E-state index in [0.29, 0.717) is 30.7 Å². The van der Waals surface area contributed by atoms with Gasteiger partial charge in [0, 0.05) is 29.8 Å². The van der Waals surface area contributed by atoms with Crippen molar-refractivity contribution >= 4 is 22.4 Å². The maximum atomic E-state index is 13.7. The smallest absolute Gasteiger partial charge is 0.244 e. The summed E-state index contributed by atoms with van der Waals surface area (Å²) < 4.78 is 19.5. The minimum atomic E-state index is -0.337. The highest BCUT2D eigenvalue weighted by Crippen LogP contribution is 2.22. The Labute approximate surface area is 157 Å². The Morgan fingerprint density at radius 3 is 2.81 bits per heavy atom. The van der Waals surface area contributed by atoms with Gasteiger partial charge in [-0.1, -0.05) is 36.4 Å². The van der Waals surface area contributed by atoms with Gasteiger partial charge in [-0.2, -0.15) is 0 Å². The fourth-order valence-electron chi connectivity index (χ4n) is 2.77. The first-order valence-electron chi connectivity index (χ1n) is 8.83. The van der Waals surface area contributed by atoms with Crippen molar-refractivity contribution < 1.29 is 13.9 Å². The number of ether oxygens (including phenoxy) is 1. The third-order valence-corrected chi connectivity index (χ3v) is 4.12. The van der Waals surface area contributed by atoms with E-state index in [4.69, 9.17) is 4.74 Å². The largest absolute Gasteiger partial charge is 0.491 e. The van der Waals surface area contributed by atoms with Gasteiger partial charge in [-0.15, -0.1) is 0 Å². The van der Waals surface area contributed by atoms with E-state index in [1.807, 2.05) is 30.3 Å². The number of carbonyl (C=O) groups is 1. The van der Waals surface area contributed by atoms with Crippen molar-refractivity contribution in [3.63, 3.8) is 0 Å². The molecule has 2 aromatic carbocycles. The molecule has 0 spiro atoms. The normalized spacial score (nSPS) is 11.4. The van der Waals surface area contributed by atoms with Gasteiger partial charge >= 0.3 is 0 Å². The molecule has 0 saturated carbocycles. The van der Waals surface area contributed by atoms with E-state index in [1.54, 1.807) is 31.3 Å². The monoisotopic (exact) mass is 364 g/mol. The first-order valence-corrected chi connectivity index (χ1v) is 8.83. The Hall–Kier alpha value is -3.21. The Morgan fingerprint density at radius 2 is 1.96 bits per heavy atom. The molecule has 3 rings (SSSR count). The van der Waals surface area contributed by atoms with E-state index < -0.39 is 0 Å². The lowest BCUT2D eigenvalue weighted by Gasteiger charge is -2.09. The number of pyridine rings is 1. The molecule has 0 aliphatic heterocycles. The number of hydrogen-bond donors (Lipinski definition) is 1. The lowest BCUT2D eigenvalue weighted by atomic mass is 10.1. The van der Waals surface area contributed by atoms with Crippen LogP contribution in [0.15, 0.2) is 66.9 Å². The molecule has 0 fully saturated rings. The molecule has 1 amide bonds. The molecule has 0 atom stereocenters. The molecule has 0 unspecified atom stereocenters. The van der Waals surface area contributed by atoms with E-state index in [-0.39, 0.29) is 11.7 Å². The molecule has 0 saturated heterocycles. The van der Waals surface area contributed by atoms with Crippen LogP contribution in [0.1, 0.15) is 18.9 Å². The zero-order chi connectivity index (χ0) is 19.1. The van der Waals surface area contributed by atoms with Crippen LogP contribution < -0.4 is 10.1 Å². The third kappa shape index (κ3) is 4.91. The van der Waals surface area contributed by atoms with Crippen molar-refractivity contribution in [3.8, 4) is 5.75 Å². The van der Waals surface area contributed by atoms with E-state index >= 15 is 0 Å². The van der Waals surface area contributed by atoms with Crippen LogP contribution >= 0.6 is 0 Å². The second-order valence-corrected chi connectivity index (χ2v) is 6.13. The molecule has 27 heavy (non-hydrogen) atoms. The molecule has 1 N–H and O–H groups in total. The van der Waals surface area contributed by atoms with E-state index in [2.05, 4.69) is 10.3 Å². The summed E-state index contributed by atoms with van der Waals surface area (Å²) in [5, 5.41) is 3.82. The maximum absolute atomic E-state index is 13.7. The van der Waals surface area contributed by atoms with Crippen LogP contribution in [0, 0.1) is 5.82 Å². The number of aromatic nitrogens is 1. The number of benzene rings is 2. The number of halogens is 1. The number of carbonyl (C=O) groups excluding carboxylic acids is 1. The average molecular weight is 364 g/mol. The highest BCUT2D eigenvalue weighted by molar-refractivity contribution is 5.94. The van der Waals surface area contributed by atoms with Crippen molar-refractivity contribution in [2.45, 2.75) is 13.3 Å². The fraction of sp³-hybridized carbons (Fsp3) is 0.182. The lowest BCUT2D eigenvalue weighted by molar-refractivity contribution is -0.116. The predicted octanol–water partition coefficient (Wildman–Crippen LogP) is 4.36. The SMILES string of the molecule is C/C(=C/C(=O)NCCCOc1cccc2cccnc12)c1ccccc1F. The molecule has 0 aliphatic carbocycles. The van der Waals surface area contributed by atoms with Crippen LogP contribution in [0.25, 0.3) is 16.5 Å². The van der Waals surface area contributed by atoms with Crippen molar-refractivity contribution in [3.05, 3.63) is 78.3 Å². The van der Waals surface area contributed by atoms with E-state index in [0.717, 1.165) is 16.7 Å². The molecule has 138 valence electrons. The van der Waals surface area contributed by atoms with Gasteiger partial charge in [0.25, 0.3) is 0 Å². The Morgan fingerprint density at radius 1 is 1.15 bits per heavy atom. The number of rotatable bonds is 7. The highest BCUT2D eigenvalue weighted by Gasteiger charge is 2.05. The summed E-state index contributed by atoms with van der Waals surface area (Å²) in [6.45, 7) is 2.65. The Balaban J connectivity index is 1.47. The molecule has 0 aliphatic rings. The van der Waals surface area contributed by atoms with Gasteiger partial charge in [0.2, 0.25) is 5.91 Å². The van der Waals surface area contributed by atoms with Gasteiger partial charge in [-0.05, 0) is 37.1 Å². The summed E-state index contributed by atoms with van der Waals surface area (Å²) in [4.78, 5) is 16.3. The predicted molar refractivity (Wildman–Crippen MR) is 105 cm³/mol. The molecular formula is C22H21FN2O2. The number of hydrogen-bond acceptors (Lipinski definition) is 3. The van der Waals surface area contributed by atoms with Gasteiger partial charge in [-0.3, -0.25) is 9.78 Å². The van der Waals surface area contributed by atoms with E-state index in [9.17, 15) is 9.18 Å². The fourth-order valence-corrected chi connectivity index (χ4v) is 2.77. The Bertz CT molecular complexity index is 964. The second-order valence-electron chi connectivity index (χ2n) is 6.13. The molecule has 0 radical (unpaired) electrons. The zero-order valence-electron chi connectivity index (χ0n) is 15.1. The summed E-state index contributed by atoms with van der Waals surface area (Å²) >= 11 is 0. The summed E-state index contributed by atoms with van der Waals surface area (Å²) in [5.74, 6) is 0.147. The third-order valence-electron chi connectivity index (χ3n) is 4.12. The molecule has 1 heterocycles. The topological polar surface area (TPSA) is 51.2 Å². The summed E-state index contributed by atoms with van der Waals surface area (Å²) in [5.41, 5.74) is 1.84. The minimum Gasteiger partial charge on any atom is -0.491 e. The number of nitrogens with one attached hydrogen (secondary N) is 1. The molecule has 4 nitrogen and oxygen atoms in total. The molecule has 1 aromatic heterocycles. The summed E-state index contributed by atoms with van der Waals surface area (Å²) in [7, 11) is 0. The molecule has 5 heteroatoms. The second kappa shape index (κ2) is 8.94. The van der Waals surface area contributed by atoms with Gasteiger partial charge in [-0.25, -0.2) is 4.39 Å². The number of allylic oxidation sites excluding steroid dienone is 1. The molecule has 3 aromatic rings. The zero-order valence-corrected chi connectivity index (χ0v) is 15.1. The van der Waals surface area contributed by atoms with Gasteiger partial charge in [0.1, 0.15) is 17.1 Å². The lowest BCUT2D eigenvalue weighted by Crippen LogP contribution is -2.23. The number of fused-ring (bicyclic) bond motifs is 1. The first kappa shape index (κ1) is 18.6. The summed E-state index contributed by atoms with van der Waals surface area (Å²) in [6, 6.07) is 16.1. The minimum absolute atomic E-state index is 0.248. The Kier molecular flexibility index (Phi) is 6.15. The highest BCUT2D eigenvalue weighted by atomic mass is 19.1. The number of amides is 1. The average Bonchev–Trinajstić information content (AvgIpc) is 2.68. The molecular weight excluding hydrogens is 343 g/mol. The van der Waals surface area contributed by atoms with Crippen molar-refractivity contribution in [2.24, 2.45) is 0 Å². The quantitative estimate of drug-likeness (QED) is 0.500.